The molecule has 0 spiro atoms. The van der Waals surface area contributed by atoms with E-state index in [9.17, 15) is 4.79 Å². The Labute approximate surface area is 137 Å². The summed E-state index contributed by atoms with van der Waals surface area (Å²) in [5.74, 6) is 0.891. The van der Waals surface area contributed by atoms with Gasteiger partial charge >= 0.3 is 0 Å². The van der Waals surface area contributed by atoms with Crippen LogP contribution in [-0.2, 0) is 19.4 Å². The van der Waals surface area contributed by atoms with Crippen LogP contribution in [0.4, 0.5) is 5.82 Å². The van der Waals surface area contributed by atoms with Crippen molar-refractivity contribution >= 4 is 5.82 Å². The van der Waals surface area contributed by atoms with Gasteiger partial charge in [0, 0.05) is 25.9 Å². The first-order chi connectivity index (χ1) is 10.9. The highest BCUT2D eigenvalue weighted by molar-refractivity contribution is 5.39. The maximum Gasteiger partial charge on any atom is 0.257 e. The summed E-state index contributed by atoms with van der Waals surface area (Å²) >= 11 is 0. The monoisotopic (exact) mass is 312 g/mol. The van der Waals surface area contributed by atoms with E-state index in [0.717, 1.165) is 41.9 Å². The Morgan fingerprint density at radius 1 is 1.30 bits per heavy atom. The predicted molar refractivity (Wildman–Crippen MR) is 92.0 cm³/mol. The molecule has 0 saturated heterocycles. The minimum atomic E-state index is 0.103. The summed E-state index contributed by atoms with van der Waals surface area (Å²) in [6, 6.07) is 3.96. The molecule has 0 saturated carbocycles. The van der Waals surface area contributed by atoms with Crippen molar-refractivity contribution in [2.24, 2.45) is 5.41 Å². The second-order valence-electron chi connectivity index (χ2n) is 7.36. The Morgan fingerprint density at radius 3 is 2.83 bits per heavy atom. The van der Waals surface area contributed by atoms with Gasteiger partial charge in [0.2, 0.25) is 0 Å². The number of hydrogen-bond donors (Lipinski definition) is 0. The molecular formula is C18H24N4O. The van der Waals surface area contributed by atoms with Crippen molar-refractivity contribution in [2.75, 3.05) is 19.0 Å². The number of aromatic nitrogens is 3. The molecule has 0 bridgehead atoms. The van der Waals surface area contributed by atoms with Crippen LogP contribution in [0.2, 0.25) is 0 Å². The quantitative estimate of drug-likeness (QED) is 0.872. The van der Waals surface area contributed by atoms with E-state index in [4.69, 9.17) is 0 Å². The summed E-state index contributed by atoms with van der Waals surface area (Å²) in [4.78, 5) is 23.6. The Morgan fingerprint density at radius 2 is 2.09 bits per heavy atom. The molecule has 0 radical (unpaired) electrons. The zero-order valence-electron chi connectivity index (χ0n) is 14.3. The number of fused-ring (bicyclic) bond motifs is 1. The van der Waals surface area contributed by atoms with E-state index in [1.165, 1.54) is 0 Å². The third-order valence-electron chi connectivity index (χ3n) is 4.54. The van der Waals surface area contributed by atoms with E-state index in [-0.39, 0.29) is 11.0 Å². The average Bonchev–Trinajstić information content (AvgIpc) is 2.50. The second kappa shape index (κ2) is 5.80. The second-order valence-corrected chi connectivity index (χ2v) is 7.36. The van der Waals surface area contributed by atoms with Gasteiger partial charge in [0.25, 0.3) is 5.56 Å². The molecule has 1 aliphatic carbocycles. The van der Waals surface area contributed by atoms with Gasteiger partial charge in [-0.05, 0) is 42.4 Å². The largest absolute Gasteiger partial charge is 0.363 e. The fraction of sp³-hybridized carbons (Fsp3) is 0.500. The van der Waals surface area contributed by atoms with Crippen molar-refractivity contribution in [2.45, 2.75) is 39.7 Å². The molecule has 5 heteroatoms. The molecule has 0 aliphatic heterocycles. The molecule has 0 aromatic carbocycles. The third-order valence-corrected chi connectivity index (χ3v) is 4.54. The van der Waals surface area contributed by atoms with Crippen LogP contribution in [0, 0.1) is 5.41 Å². The maximum absolute atomic E-state index is 12.8. The Hall–Kier alpha value is -2.17. The van der Waals surface area contributed by atoms with Crippen LogP contribution < -0.4 is 10.5 Å². The standard InChI is InChI=1S/C18H24N4O/c1-18(2)7-5-15-14(10-18)17(23)22(12-20-15)11-13-6-8-19-16(9-13)21(3)4/h6,8-9,12H,5,7,10-11H2,1-4H3. The fourth-order valence-electron chi connectivity index (χ4n) is 3.10. The fourth-order valence-corrected chi connectivity index (χ4v) is 3.10. The summed E-state index contributed by atoms with van der Waals surface area (Å²) in [5.41, 5.74) is 3.22. The minimum absolute atomic E-state index is 0.103. The van der Waals surface area contributed by atoms with Gasteiger partial charge in [0.15, 0.2) is 0 Å². The molecule has 0 unspecified atom stereocenters. The topological polar surface area (TPSA) is 51.0 Å². The molecule has 2 aromatic heterocycles. The van der Waals surface area contributed by atoms with Gasteiger partial charge in [-0.25, -0.2) is 9.97 Å². The van der Waals surface area contributed by atoms with Crippen LogP contribution in [0.5, 0.6) is 0 Å². The number of rotatable bonds is 3. The highest BCUT2D eigenvalue weighted by atomic mass is 16.1. The summed E-state index contributed by atoms with van der Waals surface area (Å²) in [6.45, 7) is 4.97. The van der Waals surface area contributed by atoms with Gasteiger partial charge in [-0.1, -0.05) is 13.8 Å². The molecule has 3 rings (SSSR count). The smallest absolute Gasteiger partial charge is 0.257 e. The van der Waals surface area contributed by atoms with Gasteiger partial charge in [-0.3, -0.25) is 9.36 Å². The van der Waals surface area contributed by atoms with E-state index in [0.29, 0.717) is 6.54 Å². The Kier molecular flexibility index (Phi) is 3.96. The van der Waals surface area contributed by atoms with Gasteiger partial charge in [-0.15, -0.1) is 0 Å². The normalized spacial score (nSPS) is 16.0. The van der Waals surface area contributed by atoms with E-state index in [2.05, 4.69) is 23.8 Å². The van der Waals surface area contributed by atoms with Crippen molar-refractivity contribution in [3.8, 4) is 0 Å². The van der Waals surface area contributed by atoms with E-state index in [1.807, 2.05) is 31.1 Å². The van der Waals surface area contributed by atoms with E-state index in [1.54, 1.807) is 17.1 Å². The van der Waals surface area contributed by atoms with Gasteiger partial charge in [-0.2, -0.15) is 0 Å². The van der Waals surface area contributed by atoms with E-state index >= 15 is 0 Å². The molecule has 0 atom stereocenters. The lowest BCUT2D eigenvalue weighted by molar-refractivity contribution is 0.308. The third kappa shape index (κ3) is 3.28. The first-order valence-electron chi connectivity index (χ1n) is 8.05. The first-order valence-corrected chi connectivity index (χ1v) is 8.05. The molecule has 122 valence electrons. The number of nitrogens with zero attached hydrogens (tertiary/aromatic N) is 4. The lowest BCUT2D eigenvalue weighted by Crippen LogP contribution is -2.33. The zero-order chi connectivity index (χ0) is 16.6. The molecular weight excluding hydrogens is 288 g/mol. The highest BCUT2D eigenvalue weighted by Crippen LogP contribution is 2.32. The molecule has 2 aromatic rings. The van der Waals surface area contributed by atoms with Crippen molar-refractivity contribution in [3.05, 3.63) is 51.8 Å². The molecule has 0 amide bonds. The maximum atomic E-state index is 12.8. The average molecular weight is 312 g/mol. The van der Waals surface area contributed by atoms with Gasteiger partial charge < -0.3 is 4.90 Å². The summed E-state index contributed by atoms with van der Waals surface area (Å²) in [6.07, 6.45) is 6.28. The van der Waals surface area contributed by atoms with Crippen molar-refractivity contribution in [3.63, 3.8) is 0 Å². The van der Waals surface area contributed by atoms with Crippen LogP contribution in [0.1, 0.15) is 37.1 Å². The van der Waals surface area contributed by atoms with Crippen molar-refractivity contribution in [1.29, 1.82) is 0 Å². The first kappa shape index (κ1) is 15.7. The molecule has 2 heterocycles. The summed E-state index contributed by atoms with van der Waals surface area (Å²) < 4.78 is 1.72. The number of aryl methyl sites for hydroxylation is 1. The van der Waals surface area contributed by atoms with Gasteiger partial charge in [0.05, 0.1) is 18.6 Å². The van der Waals surface area contributed by atoms with Crippen LogP contribution in [0.3, 0.4) is 0 Å². The minimum Gasteiger partial charge on any atom is -0.363 e. The van der Waals surface area contributed by atoms with Crippen molar-refractivity contribution in [1.82, 2.24) is 14.5 Å². The van der Waals surface area contributed by atoms with E-state index < -0.39 is 0 Å². The van der Waals surface area contributed by atoms with Crippen molar-refractivity contribution < 1.29 is 0 Å². The Balaban J connectivity index is 1.93. The zero-order valence-corrected chi connectivity index (χ0v) is 14.3. The Bertz CT molecular complexity index is 777. The van der Waals surface area contributed by atoms with Gasteiger partial charge in [0.1, 0.15) is 5.82 Å². The molecule has 23 heavy (non-hydrogen) atoms. The lowest BCUT2D eigenvalue weighted by atomic mass is 9.76. The molecule has 0 fully saturated rings. The molecule has 0 N–H and O–H groups in total. The summed E-state index contributed by atoms with van der Waals surface area (Å²) in [7, 11) is 3.92. The number of anilines is 1. The van der Waals surface area contributed by atoms with Crippen LogP contribution in [0.25, 0.3) is 0 Å². The lowest BCUT2D eigenvalue weighted by Gasteiger charge is -2.30. The molecule has 1 aliphatic rings. The highest BCUT2D eigenvalue weighted by Gasteiger charge is 2.28. The SMILES string of the molecule is CN(C)c1cc(Cn2cnc3c(c2=O)CC(C)(C)CC3)ccn1. The van der Waals surface area contributed by atoms with Crippen LogP contribution in [-0.4, -0.2) is 28.6 Å². The number of hydrogen-bond acceptors (Lipinski definition) is 4. The van der Waals surface area contributed by atoms with Crippen LogP contribution in [0.15, 0.2) is 29.5 Å². The number of pyridine rings is 1. The predicted octanol–water partition coefficient (Wildman–Crippen LogP) is 2.27. The molecule has 5 nitrogen and oxygen atoms in total. The van der Waals surface area contributed by atoms with Crippen LogP contribution >= 0.6 is 0 Å². The summed E-state index contributed by atoms with van der Waals surface area (Å²) in [5, 5.41) is 0.